The topological polar surface area (TPSA) is 23.8 Å². The SMILES string of the molecule is N#Cc1ccc(-c2cc(-c3ccc4ccccc4c3)c3ccc4ccc(-c5ccc6ccccc6c5)c5ccc2c3c45)cc1. The summed E-state index contributed by atoms with van der Waals surface area (Å²) in [5.74, 6) is 0. The van der Waals surface area contributed by atoms with E-state index in [4.69, 9.17) is 0 Å². The Kier molecular flexibility index (Phi) is 5.33. The summed E-state index contributed by atoms with van der Waals surface area (Å²) in [4.78, 5) is 0. The van der Waals surface area contributed by atoms with Crippen molar-refractivity contribution in [3.05, 3.63) is 157 Å². The Morgan fingerprint density at radius 2 is 0.818 bits per heavy atom. The van der Waals surface area contributed by atoms with E-state index in [-0.39, 0.29) is 0 Å². The fourth-order valence-corrected chi connectivity index (χ4v) is 7.06. The van der Waals surface area contributed by atoms with Crippen LogP contribution in [0, 0.1) is 11.3 Å². The van der Waals surface area contributed by atoms with Crippen LogP contribution in [0.3, 0.4) is 0 Å². The standard InChI is InChI=1S/C43H25N/c44-26-27-9-11-30(12-10-27)40-25-41(35-16-14-29-6-2-4-8-33(29)24-35)38-20-18-31-17-19-36(37-21-22-39(40)43(38)42(31)37)34-15-13-28-5-1-3-7-32(28)23-34/h1-25H. The zero-order valence-electron chi connectivity index (χ0n) is 23.9. The van der Waals surface area contributed by atoms with Crippen molar-refractivity contribution in [2.45, 2.75) is 0 Å². The van der Waals surface area contributed by atoms with Crippen LogP contribution in [0.4, 0.5) is 0 Å². The predicted molar refractivity (Wildman–Crippen MR) is 186 cm³/mol. The van der Waals surface area contributed by atoms with Crippen LogP contribution < -0.4 is 0 Å². The lowest BCUT2D eigenvalue weighted by molar-refractivity contribution is 1.48. The van der Waals surface area contributed by atoms with Gasteiger partial charge in [0, 0.05) is 0 Å². The lowest BCUT2D eigenvalue weighted by Gasteiger charge is -2.20. The average molecular weight is 556 g/mol. The number of nitrogens with zero attached hydrogens (tertiary/aromatic N) is 1. The van der Waals surface area contributed by atoms with Crippen LogP contribution in [0.5, 0.6) is 0 Å². The van der Waals surface area contributed by atoms with Gasteiger partial charge >= 0.3 is 0 Å². The van der Waals surface area contributed by atoms with E-state index >= 15 is 0 Å². The van der Waals surface area contributed by atoms with E-state index in [0.29, 0.717) is 5.56 Å². The lowest BCUT2D eigenvalue weighted by atomic mass is 9.83. The van der Waals surface area contributed by atoms with Crippen molar-refractivity contribution in [2.75, 3.05) is 0 Å². The molecule has 0 unspecified atom stereocenters. The molecule has 0 bridgehead atoms. The molecule has 0 aromatic heterocycles. The number of nitriles is 1. The van der Waals surface area contributed by atoms with Crippen molar-refractivity contribution in [1.82, 2.24) is 0 Å². The van der Waals surface area contributed by atoms with Gasteiger partial charge in [-0.15, -0.1) is 0 Å². The molecule has 0 aliphatic rings. The molecule has 1 nitrogen and oxygen atoms in total. The molecule has 0 saturated heterocycles. The van der Waals surface area contributed by atoms with E-state index in [1.807, 2.05) is 12.1 Å². The van der Waals surface area contributed by atoms with E-state index < -0.39 is 0 Å². The van der Waals surface area contributed by atoms with E-state index in [1.165, 1.54) is 81.7 Å². The molecule has 0 fully saturated rings. The van der Waals surface area contributed by atoms with Crippen molar-refractivity contribution < 1.29 is 0 Å². The van der Waals surface area contributed by atoms with Crippen LogP contribution in [0.25, 0.3) is 87.2 Å². The van der Waals surface area contributed by atoms with Gasteiger partial charge in [-0.3, -0.25) is 0 Å². The first-order valence-electron chi connectivity index (χ1n) is 15.0. The highest BCUT2D eigenvalue weighted by Gasteiger charge is 2.18. The van der Waals surface area contributed by atoms with E-state index in [0.717, 1.165) is 5.56 Å². The molecule has 0 heterocycles. The maximum Gasteiger partial charge on any atom is 0.0991 e. The molecule has 9 aromatic rings. The van der Waals surface area contributed by atoms with Gasteiger partial charge in [-0.2, -0.15) is 5.26 Å². The van der Waals surface area contributed by atoms with Gasteiger partial charge in [-0.05, 0) is 118 Å². The second-order valence-corrected chi connectivity index (χ2v) is 11.6. The van der Waals surface area contributed by atoms with Gasteiger partial charge in [0.1, 0.15) is 0 Å². The molecule has 0 saturated carbocycles. The Morgan fingerprint density at radius 3 is 1.45 bits per heavy atom. The lowest BCUT2D eigenvalue weighted by Crippen LogP contribution is -1.92. The molecule has 202 valence electrons. The Labute approximate surface area is 255 Å². The van der Waals surface area contributed by atoms with Crippen molar-refractivity contribution in [1.29, 1.82) is 5.26 Å². The molecular weight excluding hydrogens is 530 g/mol. The molecule has 1 heteroatoms. The highest BCUT2D eigenvalue weighted by molar-refractivity contribution is 6.30. The quantitative estimate of drug-likeness (QED) is 0.199. The Hall–Kier alpha value is -5.97. The summed E-state index contributed by atoms with van der Waals surface area (Å²) in [6.07, 6.45) is 0. The van der Waals surface area contributed by atoms with Crippen molar-refractivity contribution in [2.24, 2.45) is 0 Å². The number of hydrogen-bond acceptors (Lipinski definition) is 1. The summed E-state index contributed by atoms with van der Waals surface area (Å²) in [7, 11) is 0. The van der Waals surface area contributed by atoms with Gasteiger partial charge in [0.15, 0.2) is 0 Å². The molecule has 9 aromatic carbocycles. The van der Waals surface area contributed by atoms with E-state index in [2.05, 4.69) is 146 Å². The minimum Gasteiger partial charge on any atom is -0.192 e. The second-order valence-electron chi connectivity index (χ2n) is 11.6. The second kappa shape index (κ2) is 9.53. The van der Waals surface area contributed by atoms with E-state index in [1.54, 1.807) is 0 Å². The monoisotopic (exact) mass is 555 g/mol. The van der Waals surface area contributed by atoms with Gasteiger partial charge in [-0.25, -0.2) is 0 Å². The maximum atomic E-state index is 9.46. The predicted octanol–water partition coefficient (Wildman–Crippen LogP) is 11.8. The van der Waals surface area contributed by atoms with Crippen LogP contribution in [0.15, 0.2) is 152 Å². The van der Waals surface area contributed by atoms with Crippen LogP contribution in [-0.2, 0) is 0 Å². The van der Waals surface area contributed by atoms with E-state index in [9.17, 15) is 5.26 Å². The molecule has 0 atom stereocenters. The van der Waals surface area contributed by atoms with Crippen LogP contribution in [0.2, 0.25) is 0 Å². The average Bonchev–Trinajstić information content (AvgIpc) is 3.10. The number of fused-ring (bicyclic) bond motifs is 2. The number of hydrogen-bond donors (Lipinski definition) is 0. The van der Waals surface area contributed by atoms with Crippen LogP contribution >= 0.6 is 0 Å². The third-order valence-electron chi connectivity index (χ3n) is 9.23. The molecule has 44 heavy (non-hydrogen) atoms. The number of benzene rings is 9. The van der Waals surface area contributed by atoms with Gasteiger partial charge in [0.25, 0.3) is 0 Å². The molecular formula is C43H25N. The summed E-state index contributed by atoms with van der Waals surface area (Å²) >= 11 is 0. The molecule has 0 amide bonds. The highest BCUT2D eigenvalue weighted by Crippen LogP contribution is 2.46. The zero-order valence-corrected chi connectivity index (χ0v) is 23.9. The summed E-state index contributed by atoms with van der Waals surface area (Å²) < 4.78 is 0. The first kappa shape index (κ1) is 24.6. The highest BCUT2D eigenvalue weighted by atomic mass is 14.2. The molecule has 0 N–H and O–H groups in total. The Balaban J connectivity index is 1.39. The summed E-state index contributed by atoms with van der Waals surface area (Å²) in [6, 6.07) is 57.0. The third kappa shape index (κ3) is 3.72. The zero-order chi connectivity index (χ0) is 29.2. The fourth-order valence-electron chi connectivity index (χ4n) is 7.06. The first-order chi connectivity index (χ1) is 21.7. The first-order valence-corrected chi connectivity index (χ1v) is 15.0. The maximum absolute atomic E-state index is 9.46. The molecule has 0 spiro atoms. The third-order valence-corrected chi connectivity index (χ3v) is 9.23. The molecule has 0 aliphatic carbocycles. The molecule has 0 radical (unpaired) electrons. The van der Waals surface area contributed by atoms with Gasteiger partial charge < -0.3 is 0 Å². The summed E-state index contributed by atoms with van der Waals surface area (Å²) in [5.41, 5.74) is 7.84. The minimum atomic E-state index is 0.668. The van der Waals surface area contributed by atoms with Gasteiger partial charge in [-0.1, -0.05) is 121 Å². The Bertz CT molecular complexity index is 2600. The van der Waals surface area contributed by atoms with Gasteiger partial charge in [0.2, 0.25) is 0 Å². The fraction of sp³-hybridized carbons (Fsp3) is 0. The van der Waals surface area contributed by atoms with Crippen molar-refractivity contribution in [3.8, 4) is 39.4 Å². The number of rotatable bonds is 3. The largest absolute Gasteiger partial charge is 0.192 e. The van der Waals surface area contributed by atoms with Crippen LogP contribution in [0.1, 0.15) is 5.56 Å². The normalized spacial score (nSPS) is 11.6. The Morgan fingerprint density at radius 1 is 0.341 bits per heavy atom. The van der Waals surface area contributed by atoms with Crippen LogP contribution in [-0.4, -0.2) is 0 Å². The molecule has 9 rings (SSSR count). The smallest absolute Gasteiger partial charge is 0.0991 e. The van der Waals surface area contributed by atoms with Crippen molar-refractivity contribution in [3.63, 3.8) is 0 Å². The summed E-state index contributed by atoms with van der Waals surface area (Å²) in [5, 5.41) is 22.0. The van der Waals surface area contributed by atoms with Gasteiger partial charge in [0.05, 0.1) is 11.6 Å². The minimum absolute atomic E-state index is 0.668. The molecule has 0 aliphatic heterocycles. The summed E-state index contributed by atoms with van der Waals surface area (Å²) in [6.45, 7) is 0. The van der Waals surface area contributed by atoms with Crippen molar-refractivity contribution >= 4 is 53.9 Å².